The number of halogens is 4. The topological polar surface area (TPSA) is 94.2 Å². The maximum absolute atomic E-state index is 14.6. The third kappa shape index (κ3) is 3.90. The molecule has 3 heterocycles. The second kappa shape index (κ2) is 7.70. The number of aromatic nitrogens is 5. The first-order valence-electron chi connectivity index (χ1n) is 9.45. The fraction of sp³-hybridized carbons (Fsp3) is 0.250. The molecule has 0 atom stereocenters. The van der Waals surface area contributed by atoms with E-state index in [2.05, 4.69) is 20.6 Å². The smallest absolute Gasteiger partial charge is 0.323 e. The molecule has 3 aromatic heterocycles. The Morgan fingerprint density at radius 3 is 2.66 bits per heavy atom. The minimum atomic E-state index is -4.79. The highest BCUT2D eigenvalue weighted by Crippen LogP contribution is 2.33. The number of carbonyl (C=O) groups is 1. The molecule has 0 saturated heterocycles. The van der Waals surface area contributed by atoms with Crippen LogP contribution in [0.3, 0.4) is 0 Å². The van der Waals surface area contributed by atoms with Crippen molar-refractivity contribution in [2.45, 2.75) is 32.5 Å². The molecule has 166 valence electrons. The molecular weight excluding hydrogens is 432 g/mol. The summed E-state index contributed by atoms with van der Waals surface area (Å²) in [6.07, 6.45) is -1.79. The fourth-order valence-electron chi connectivity index (χ4n) is 3.32. The Bertz CT molecular complexity index is 1410. The molecule has 0 aliphatic carbocycles. The van der Waals surface area contributed by atoms with E-state index in [1.54, 1.807) is 36.6 Å². The van der Waals surface area contributed by atoms with Gasteiger partial charge in [0.2, 0.25) is 5.91 Å². The van der Waals surface area contributed by atoms with Gasteiger partial charge in [0.25, 0.3) is 5.56 Å². The number of anilines is 1. The van der Waals surface area contributed by atoms with Crippen molar-refractivity contribution >= 4 is 28.0 Å². The lowest BCUT2D eigenvalue weighted by molar-refractivity contribution is -0.137. The Balaban J connectivity index is 1.73. The molecule has 0 unspecified atom stereocenters. The molecule has 8 nitrogen and oxygen atoms in total. The number of carbonyl (C=O) groups excluding carboxylic acids is 1. The van der Waals surface area contributed by atoms with E-state index in [4.69, 9.17) is 0 Å². The number of nitrogens with one attached hydrogen (secondary N) is 1. The summed E-state index contributed by atoms with van der Waals surface area (Å²) in [5, 5.41) is 13.4. The van der Waals surface area contributed by atoms with Crippen LogP contribution < -0.4 is 10.9 Å². The number of fused-ring (bicyclic) bond motifs is 2. The standard InChI is InChI=1S/C20H16F4N6O2/c1-10(2)18-13-5-11(20(22,23)24)6-14(21)17(13)19(32)30(28-18)8-16(31)26-12-3-4-15-27-25-9-29(15)7-12/h3-7,9-10H,8H2,1-2H3,(H,26,31). The van der Waals surface area contributed by atoms with Crippen molar-refractivity contribution in [3.05, 3.63) is 64.2 Å². The highest BCUT2D eigenvalue weighted by molar-refractivity contribution is 5.91. The molecule has 0 spiro atoms. The van der Waals surface area contributed by atoms with E-state index >= 15 is 0 Å². The van der Waals surface area contributed by atoms with Gasteiger partial charge in [-0.3, -0.25) is 14.0 Å². The van der Waals surface area contributed by atoms with Crippen molar-refractivity contribution in [3.8, 4) is 0 Å². The van der Waals surface area contributed by atoms with Crippen molar-refractivity contribution < 1.29 is 22.4 Å². The van der Waals surface area contributed by atoms with Crippen LogP contribution in [0.1, 0.15) is 31.0 Å². The fourth-order valence-corrected chi connectivity index (χ4v) is 3.32. The Labute approximate surface area is 177 Å². The van der Waals surface area contributed by atoms with Gasteiger partial charge < -0.3 is 5.32 Å². The van der Waals surface area contributed by atoms with Gasteiger partial charge in [0.15, 0.2) is 5.65 Å². The first kappa shape index (κ1) is 21.4. The molecule has 1 aromatic carbocycles. The van der Waals surface area contributed by atoms with E-state index in [1.807, 2.05) is 0 Å². The van der Waals surface area contributed by atoms with Crippen LogP contribution in [0.25, 0.3) is 16.4 Å². The van der Waals surface area contributed by atoms with Crippen LogP contribution in [-0.4, -0.2) is 30.3 Å². The Kier molecular flexibility index (Phi) is 5.15. The molecule has 1 N–H and O–H groups in total. The summed E-state index contributed by atoms with van der Waals surface area (Å²) in [6, 6.07) is 4.18. The minimum absolute atomic E-state index is 0.0725. The molecular formula is C20H16F4N6O2. The van der Waals surface area contributed by atoms with Crippen LogP contribution in [0.15, 0.2) is 41.6 Å². The van der Waals surface area contributed by atoms with Crippen molar-refractivity contribution in [3.63, 3.8) is 0 Å². The zero-order chi connectivity index (χ0) is 23.2. The average Bonchev–Trinajstić information content (AvgIpc) is 3.16. The monoisotopic (exact) mass is 448 g/mol. The first-order valence-corrected chi connectivity index (χ1v) is 9.45. The Hall–Kier alpha value is -3.83. The summed E-state index contributed by atoms with van der Waals surface area (Å²) in [4.78, 5) is 25.3. The van der Waals surface area contributed by atoms with Crippen molar-refractivity contribution in [1.29, 1.82) is 0 Å². The first-order chi connectivity index (χ1) is 15.0. The van der Waals surface area contributed by atoms with E-state index in [1.165, 1.54) is 6.33 Å². The van der Waals surface area contributed by atoms with Gasteiger partial charge >= 0.3 is 6.18 Å². The van der Waals surface area contributed by atoms with Gasteiger partial charge in [-0.05, 0) is 30.2 Å². The van der Waals surface area contributed by atoms with Gasteiger partial charge in [-0.2, -0.15) is 18.3 Å². The molecule has 1 amide bonds. The Morgan fingerprint density at radius 2 is 1.97 bits per heavy atom. The van der Waals surface area contributed by atoms with Gasteiger partial charge in [-0.1, -0.05) is 13.8 Å². The van der Waals surface area contributed by atoms with E-state index in [9.17, 15) is 27.2 Å². The van der Waals surface area contributed by atoms with Crippen LogP contribution in [0.2, 0.25) is 0 Å². The molecule has 0 radical (unpaired) electrons. The van der Waals surface area contributed by atoms with E-state index < -0.39 is 46.9 Å². The third-order valence-electron chi connectivity index (χ3n) is 4.79. The lowest BCUT2D eigenvalue weighted by Crippen LogP contribution is -2.31. The number of amides is 1. The number of hydrogen-bond acceptors (Lipinski definition) is 5. The molecule has 0 saturated carbocycles. The second-order valence-electron chi connectivity index (χ2n) is 7.44. The highest BCUT2D eigenvalue weighted by atomic mass is 19.4. The van der Waals surface area contributed by atoms with Gasteiger partial charge in [0.05, 0.1) is 22.3 Å². The van der Waals surface area contributed by atoms with E-state index in [-0.39, 0.29) is 17.1 Å². The number of nitrogens with zero attached hydrogens (tertiary/aromatic N) is 5. The second-order valence-corrected chi connectivity index (χ2v) is 7.44. The predicted molar refractivity (Wildman–Crippen MR) is 107 cm³/mol. The van der Waals surface area contributed by atoms with Gasteiger partial charge in [-0.25, -0.2) is 9.07 Å². The highest BCUT2D eigenvalue weighted by Gasteiger charge is 2.33. The molecule has 32 heavy (non-hydrogen) atoms. The number of alkyl halides is 3. The third-order valence-corrected chi connectivity index (χ3v) is 4.79. The number of benzene rings is 1. The van der Waals surface area contributed by atoms with Crippen molar-refractivity contribution in [2.24, 2.45) is 0 Å². The summed E-state index contributed by atoms with van der Waals surface area (Å²) < 4.78 is 56.3. The normalized spacial score (nSPS) is 12.1. The maximum Gasteiger partial charge on any atom is 0.416 e. The van der Waals surface area contributed by atoms with Gasteiger partial charge in [-0.15, -0.1) is 10.2 Å². The molecule has 0 aliphatic heterocycles. The zero-order valence-corrected chi connectivity index (χ0v) is 16.8. The molecule has 4 aromatic rings. The van der Waals surface area contributed by atoms with Crippen LogP contribution in [0.5, 0.6) is 0 Å². The van der Waals surface area contributed by atoms with Crippen LogP contribution in [0, 0.1) is 5.82 Å². The van der Waals surface area contributed by atoms with Crippen LogP contribution in [0.4, 0.5) is 23.2 Å². The van der Waals surface area contributed by atoms with E-state index in [0.29, 0.717) is 17.4 Å². The molecule has 0 aliphatic rings. The molecule has 12 heteroatoms. The number of pyridine rings is 1. The summed E-state index contributed by atoms with van der Waals surface area (Å²) >= 11 is 0. The van der Waals surface area contributed by atoms with Crippen LogP contribution in [-0.2, 0) is 17.5 Å². The van der Waals surface area contributed by atoms with Crippen molar-refractivity contribution in [1.82, 2.24) is 24.4 Å². The predicted octanol–water partition coefficient (Wildman–Crippen LogP) is 3.36. The summed E-state index contributed by atoms with van der Waals surface area (Å²) in [5.74, 6) is -2.39. The molecule has 4 rings (SSSR count). The van der Waals surface area contributed by atoms with Crippen LogP contribution >= 0.6 is 0 Å². The Morgan fingerprint density at radius 1 is 1.22 bits per heavy atom. The maximum atomic E-state index is 14.6. The number of rotatable bonds is 4. The zero-order valence-electron chi connectivity index (χ0n) is 16.8. The average molecular weight is 448 g/mol. The summed E-state index contributed by atoms with van der Waals surface area (Å²) in [6.45, 7) is 2.72. The van der Waals surface area contributed by atoms with Gasteiger partial charge in [0.1, 0.15) is 18.7 Å². The minimum Gasteiger partial charge on any atom is -0.323 e. The largest absolute Gasteiger partial charge is 0.416 e. The van der Waals surface area contributed by atoms with E-state index in [0.717, 1.165) is 4.68 Å². The SMILES string of the molecule is CC(C)c1nn(CC(=O)Nc2ccc3nncn3c2)c(=O)c2c(F)cc(C(F)(F)F)cc12. The summed E-state index contributed by atoms with van der Waals surface area (Å²) in [5.41, 5.74) is -1.19. The lowest BCUT2D eigenvalue weighted by Gasteiger charge is -2.15. The van der Waals surface area contributed by atoms with Gasteiger partial charge in [0, 0.05) is 11.6 Å². The number of hydrogen-bond donors (Lipinski definition) is 1. The van der Waals surface area contributed by atoms with Crippen molar-refractivity contribution in [2.75, 3.05) is 5.32 Å². The summed E-state index contributed by atoms with van der Waals surface area (Å²) in [7, 11) is 0. The lowest BCUT2D eigenvalue weighted by atomic mass is 10.0. The molecule has 0 bridgehead atoms. The quantitative estimate of drug-likeness (QED) is 0.483. The molecule has 0 fully saturated rings.